The number of ether oxygens (including phenoxy) is 1. The lowest BCUT2D eigenvalue weighted by atomic mass is 9.79. The molecule has 0 radical (unpaired) electrons. The summed E-state index contributed by atoms with van der Waals surface area (Å²) in [7, 11) is 0. The Morgan fingerprint density at radius 2 is 1.87 bits per heavy atom. The van der Waals surface area contributed by atoms with Crippen molar-refractivity contribution in [3.63, 3.8) is 0 Å². The van der Waals surface area contributed by atoms with Crippen LogP contribution in [-0.2, 0) is 28.4 Å². The van der Waals surface area contributed by atoms with Gasteiger partial charge in [0, 0.05) is 47.6 Å². The van der Waals surface area contributed by atoms with Crippen molar-refractivity contribution in [2.75, 3.05) is 13.1 Å². The van der Waals surface area contributed by atoms with Crippen molar-refractivity contribution in [2.45, 2.75) is 69.1 Å². The van der Waals surface area contributed by atoms with Gasteiger partial charge < -0.3 is 19.6 Å². The number of halogens is 7. The van der Waals surface area contributed by atoms with E-state index in [1.807, 2.05) is 0 Å². The zero-order valence-corrected chi connectivity index (χ0v) is 26.3. The third-order valence-electron chi connectivity index (χ3n) is 8.01. The number of alkyl halides is 6. The smallest absolute Gasteiger partial charge is 0.425 e. The zero-order chi connectivity index (χ0) is 33.6. The molecule has 1 saturated heterocycles. The van der Waals surface area contributed by atoms with Crippen molar-refractivity contribution in [2.24, 2.45) is 0 Å². The molecule has 2 aliphatic rings. The SMILES string of the molecule is CCC[C@H]1N(C(=O)c2ncccc2C(F)(F)F)CCC[C@]1(Oc1csc(C(F)(F)F)c1)C(=O)N1CCc2sc(Cl)cc2C1C(=O)O. The molecule has 2 aliphatic heterocycles. The number of amides is 2. The number of pyridine rings is 1. The van der Waals surface area contributed by atoms with Crippen LogP contribution in [0.4, 0.5) is 26.3 Å². The molecule has 8 nitrogen and oxygen atoms in total. The van der Waals surface area contributed by atoms with Crippen molar-refractivity contribution < 1.29 is 50.6 Å². The largest absolute Gasteiger partial charge is 0.479 e. The summed E-state index contributed by atoms with van der Waals surface area (Å²) in [6.45, 7) is 1.47. The molecule has 5 heterocycles. The number of thiophene rings is 2. The number of fused-ring (bicyclic) bond motifs is 1. The van der Waals surface area contributed by atoms with Crippen molar-refractivity contribution in [1.29, 1.82) is 0 Å². The average Bonchev–Trinajstić information content (AvgIpc) is 3.62. The minimum atomic E-state index is -4.94. The molecule has 3 aromatic heterocycles. The molecule has 0 aromatic carbocycles. The summed E-state index contributed by atoms with van der Waals surface area (Å²) in [6, 6.07) is 1.03. The molecule has 1 unspecified atom stereocenters. The number of nitrogens with zero attached hydrogens (tertiary/aromatic N) is 3. The van der Waals surface area contributed by atoms with E-state index in [0.29, 0.717) is 32.7 Å². The molecule has 0 aliphatic carbocycles. The van der Waals surface area contributed by atoms with Gasteiger partial charge in [0.05, 0.1) is 15.9 Å². The summed E-state index contributed by atoms with van der Waals surface area (Å²) in [6.07, 6.45) is -8.31. The zero-order valence-electron chi connectivity index (χ0n) is 24.0. The molecule has 3 aromatic rings. The number of aliphatic carboxylic acids is 1. The number of carbonyl (C=O) groups excluding carboxylic acids is 2. The van der Waals surface area contributed by atoms with E-state index >= 15 is 0 Å². The number of hydrogen-bond donors (Lipinski definition) is 1. The second kappa shape index (κ2) is 12.7. The van der Waals surface area contributed by atoms with E-state index in [0.717, 1.165) is 38.8 Å². The Balaban J connectivity index is 1.65. The fourth-order valence-electron chi connectivity index (χ4n) is 6.16. The lowest BCUT2D eigenvalue weighted by Gasteiger charge is -2.50. The number of aromatic nitrogens is 1. The summed E-state index contributed by atoms with van der Waals surface area (Å²) >= 11 is 7.64. The minimum absolute atomic E-state index is 0.00323. The van der Waals surface area contributed by atoms with Crippen molar-refractivity contribution >= 4 is 52.1 Å². The second-order valence-electron chi connectivity index (χ2n) is 10.9. The minimum Gasteiger partial charge on any atom is -0.479 e. The molecule has 46 heavy (non-hydrogen) atoms. The van der Waals surface area contributed by atoms with Crippen LogP contribution in [0, 0.1) is 0 Å². The number of piperidine rings is 1. The monoisotopic (exact) mass is 709 g/mol. The van der Waals surface area contributed by atoms with E-state index in [-0.39, 0.29) is 56.5 Å². The molecule has 17 heteroatoms. The fourth-order valence-corrected chi connectivity index (χ4v) is 8.14. The van der Waals surface area contributed by atoms with Crippen LogP contribution in [0.15, 0.2) is 35.8 Å². The normalized spacial score (nSPS) is 22.0. The van der Waals surface area contributed by atoms with E-state index in [2.05, 4.69) is 4.98 Å². The van der Waals surface area contributed by atoms with Crippen molar-refractivity contribution in [3.05, 3.63) is 66.8 Å². The van der Waals surface area contributed by atoms with Gasteiger partial charge >= 0.3 is 18.3 Å². The Kier molecular flexibility index (Phi) is 9.36. The molecule has 0 saturated carbocycles. The molecule has 3 atom stereocenters. The number of carbonyl (C=O) groups is 3. The summed E-state index contributed by atoms with van der Waals surface area (Å²) in [5, 5.41) is 11.3. The van der Waals surface area contributed by atoms with Gasteiger partial charge in [-0.2, -0.15) is 26.3 Å². The number of hydrogen-bond acceptors (Lipinski definition) is 7. The highest BCUT2D eigenvalue weighted by atomic mass is 35.5. The first kappa shape index (κ1) is 34.0. The first-order valence-corrected chi connectivity index (χ1v) is 16.2. The topological polar surface area (TPSA) is 100 Å². The van der Waals surface area contributed by atoms with E-state index in [1.54, 1.807) is 6.92 Å². The number of rotatable bonds is 7. The van der Waals surface area contributed by atoms with Crippen LogP contribution in [0.3, 0.4) is 0 Å². The third-order valence-corrected chi connectivity index (χ3v) is 10.3. The van der Waals surface area contributed by atoms with Gasteiger partial charge in [0.25, 0.3) is 11.8 Å². The Bertz CT molecular complexity index is 1640. The van der Waals surface area contributed by atoms with Crippen LogP contribution in [0.5, 0.6) is 5.75 Å². The highest BCUT2D eigenvalue weighted by molar-refractivity contribution is 7.16. The molecule has 0 bridgehead atoms. The van der Waals surface area contributed by atoms with Gasteiger partial charge in [-0.15, -0.1) is 22.7 Å². The Morgan fingerprint density at radius 1 is 1.13 bits per heavy atom. The van der Waals surface area contributed by atoms with E-state index in [4.69, 9.17) is 16.3 Å². The summed E-state index contributed by atoms with van der Waals surface area (Å²) < 4.78 is 88.9. The lowest BCUT2D eigenvalue weighted by Crippen LogP contribution is -2.69. The van der Waals surface area contributed by atoms with Crippen LogP contribution in [0.25, 0.3) is 0 Å². The molecular weight excluding hydrogens is 684 g/mol. The fraction of sp³-hybridized carbons (Fsp3) is 0.448. The summed E-state index contributed by atoms with van der Waals surface area (Å²) in [5.41, 5.74) is -4.10. The van der Waals surface area contributed by atoms with Gasteiger partial charge in [-0.25, -0.2) is 4.79 Å². The van der Waals surface area contributed by atoms with Gasteiger partial charge in [0.1, 0.15) is 16.3 Å². The Hall–Kier alpha value is -3.37. The Labute approximate surface area is 271 Å². The summed E-state index contributed by atoms with van der Waals surface area (Å²) in [4.78, 5) is 46.7. The second-order valence-corrected chi connectivity index (χ2v) is 13.5. The Morgan fingerprint density at radius 3 is 2.50 bits per heavy atom. The average molecular weight is 710 g/mol. The molecule has 248 valence electrons. The first-order chi connectivity index (χ1) is 21.6. The van der Waals surface area contributed by atoms with Crippen LogP contribution in [-0.4, -0.2) is 62.4 Å². The number of carboxylic acid groups (broad SMARTS) is 1. The highest BCUT2D eigenvalue weighted by Crippen LogP contribution is 2.45. The van der Waals surface area contributed by atoms with Crippen LogP contribution in [0.2, 0.25) is 4.34 Å². The molecule has 5 rings (SSSR count). The molecule has 1 fully saturated rings. The number of carboxylic acids is 1. The molecule has 0 spiro atoms. The lowest BCUT2D eigenvalue weighted by molar-refractivity contribution is -0.168. The maximum atomic E-state index is 14.8. The maximum Gasteiger partial charge on any atom is 0.425 e. The van der Waals surface area contributed by atoms with Crippen LogP contribution < -0.4 is 4.74 Å². The van der Waals surface area contributed by atoms with E-state index in [1.165, 1.54) is 6.07 Å². The van der Waals surface area contributed by atoms with Crippen molar-refractivity contribution in [3.8, 4) is 5.75 Å². The van der Waals surface area contributed by atoms with Gasteiger partial charge in [0.15, 0.2) is 6.04 Å². The van der Waals surface area contributed by atoms with Gasteiger partial charge in [0.2, 0.25) is 5.60 Å². The van der Waals surface area contributed by atoms with Gasteiger partial charge in [-0.1, -0.05) is 24.9 Å². The molecular formula is C29H26ClF6N3O5S2. The summed E-state index contributed by atoms with van der Waals surface area (Å²) in [5.74, 6) is -3.81. The standard InChI is InChI=1S/C29H26ClF6N3O5S2/c1-2-5-19-27(44-15-12-20(45-14-15)29(34,35)36,26(43)39-11-7-18-16(13-21(30)46-18)23(39)25(41)42)8-4-10-38(19)24(40)22-17(28(31,32)33)6-3-9-37-22/h3,6,9,12-14,19,23H,2,4-5,7-8,10-11H2,1H3,(H,41,42)/t19-,23?,27-/m1/s1. The maximum absolute atomic E-state index is 14.8. The van der Waals surface area contributed by atoms with Gasteiger partial charge in [-0.3, -0.25) is 14.6 Å². The van der Waals surface area contributed by atoms with E-state index < -0.39 is 64.0 Å². The van der Waals surface area contributed by atoms with Crippen LogP contribution >= 0.6 is 34.3 Å². The number of likely N-dealkylation sites (tertiary alicyclic amines) is 1. The quantitative estimate of drug-likeness (QED) is 0.258. The predicted molar refractivity (Wildman–Crippen MR) is 156 cm³/mol. The van der Waals surface area contributed by atoms with Crippen molar-refractivity contribution in [1.82, 2.24) is 14.8 Å². The van der Waals surface area contributed by atoms with Crippen LogP contribution in [0.1, 0.15) is 70.0 Å². The van der Waals surface area contributed by atoms with Gasteiger partial charge in [-0.05, 0) is 37.5 Å². The van der Waals surface area contributed by atoms with E-state index in [9.17, 15) is 45.8 Å². The third kappa shape index (κ3) is 6.30. The molecule has 2 amide bonds. The predicted octanol–water partition coefficient (Wildman–Crippen LogP) is 7.33. The molecule has 1 N–H and O–H groups in total. The first-order valence-electron chi connectivity index (χ1n) is 14.1. The highest BCUT2D eigenvalue weighted by Gasteiger charge is 2.58.